The molecule has 1 saturated heterocycles. The van der Waals surface area contributed by atoms with Crippen molar-refractivity contribution >= 4 is 5.91 Å². The summed E-state index contributed by atoms with van der Waals surface area (Å²) < 4.78 is 10.4. The van der Waals surface area contributed by atoms with Crippen molar-refractivity contribution in [2.75, 3.05) is 20.8 Å². The Kier molecular flexibility index (Phi) is 5.52. The molecule has 1 fully saturated rings. The SMILES string of the molecule is COCc1ccccc1CNC(=O)[C@@H]1C[C@H](OC)CN1. The Hall–Kier alpha value is -1.43. The van der Waals surface area contributed by atoms with Gasteiger partial charge in [-0.15, -0.1) is 0 Å². The standard InChI is InChI=1S/C15H22N2O3/c1-19-10-12-6-4-3-5-11(12)8-17-15(18)14-7-13(20-2)9-16-14/h3-6,13-14,16H,7-10H2,1-2H3,(H,17,18)/t13-,14-/m0/s1. The van der Waals surface area contributed by atoms with Gasteiger partial charge in [0, 0.05) is 27.3 Å². The van der Waals surface area contributed by atoms with Crippen molar-refractivity contribution in [2.45, 2.75) is 31.7 Å². The Morgan fingerprint density at radius 2 is 2.10 bits per heavy atom. The first-order chi connectivity index (χ1) is 9.74. The lowest BCUT2D eigenvalue weighted by Crippen LogP contribution is -2.40. The van der Waals surface area contributed by atoms with Gasteiger partial charge in [-0.2, -0.15) is 0 Å². The minimum Gasteiger partial charge on any atom is -0.380 e. The van der Waals surface area contributed by atoms with Crippen LogP contribution in [0.1, 0.15) is 17.5 Å². The highest BCUT2D eigenvalue weighted by Gasteiger charge is 2.28. The lowest BCUT2D eigenvalue weighted by atomic mass is 10.1. The van der Waals surface area contributed by atoms with Crippen LogP contribution in [0, 0.1) is 0 Å². The summed E-state index contributed by atoms with van der Waals surface area (Å²) in [6, 6.07) is 7.81. The number of carbonyl (C=O) groups excluding carboxylic acids is 1. The second-order valence-corrected chi connectivity index (χ2v) is 4.97. The van der Waals surface area contributed by atoms with E-state index in [0.29, 0.717) is 13.2 Å². The number of benzene rings is 1. The molecule has 2 N–H and O–H groups in total. The molecule has 1 aliphatic heterocycles. The zero-order valence-electron chi connectivity index (χ0n) is 12.0. The second-order valence-electron chi connectivity index (χ2n) is 4.97. The third-order valence-corrected chi connectivity index (χ3v) is 3.61. The molecule has 5 nitrogen and oxygen atoms in total. The summed E-state index contributed by atoms with van der Waals surface area (Å²) in [5, 5.41) is 6.14. The zero-order chi connectivity index (χ0) is 14.4. The van der Waals surface area contributed by atoms with Gasteiger partial charge in [0.25, 0.3) is 0 Å². The van der Waals surface area contributed by atoms with Crippen molar-refractivity contribution in [1.82, 2.24) is 10.6 Å². The molecule has 1 aliphatic rings. The number of methoxy groups -OCH3 is 2. The molecular weight excluding hydrogens is 256 g/mol. The Labute approximate surface area is 119 Å². The zero-order valence-corrected chi connectivity index (χ0v) is 12.0. The lowest BCUT2D eigenvalue weighted by Gasteiger charge is -2.13. The fourth-order valence-electron chi connectivity index (χ4n) is 2.41. The van der Waals surface area contributed by atoms with E-state index in [1.165, 1.54) is 0 Å². The van der Waals surface area contributed by atoms with E-state index >= 15 is 0 Å². The first-order valence-electron chi connectivity index (χ1n) is 6.84. The topological polar surface area (TPSA) is 59.6 Å². The van der Waals surface area contributed by atoms with E-state index in [2.05, 4.69) is 10.6 Å². The van der Waals surface area contributed by atoms with Crippen LogP contribution < -0.4 is 10.6 Å². The number of hydrogen-bond acceptors (Lipinski definition) is 4. The molecule has 110 valence electrons. The molecule has 1 amide bonds. The van der Waals surface area contributed by atoms with Gasteiger partial charge in [-0.05, 0) is 17.5 Å². The van der Waals surface area contributed by atoms with E-state index in [1.807, 2.05) is 24.3 Å². The summed E-state index contributed by atoms with van der Waals surface area (Å²) >= 11 is 0. The van der Waals surface area contributed by atoms with Gasteiger partial charge in [-0.3, -0.25) is 4.79 Å². The predicted octanol–water partition coefficient (Wildman–Crippen LogP) is 0.826. The highest BCUT2D eigenvalue weighted by atomic mass is 16.5. The van der Waals surface area contributed by atoms with Gasteiger partial charge in [0.05, 0.1) is 18.8 Å². The smallest absolute Gasteiger partial charge is 0.237 e. The maximum atomic E-state index is 12.1. The Bertz CT molecular complexity index is 450. The van der Waals surface area contributed by atoms with Crippen LogP contribution in [-0.4, -0.2) is 38.8 Å². The van der Waals surface area contributed by atoms with Crippen LogP contribution in [0.3, 0.4) is 0 Å². The fraction of sp³-hybridized carbons (Fsp3) is 0.533. The van der Waals surface area contributed by atoms with Gasteiger partial charge < -0.3 is 20.1 Å². The Balaban J connectivity index is 1.87. The highest BCUT2D eigenvalue weighted by molar-refractivity contribution is 5.82. The molecule has 0 radical (unpaired) electrons. The predicted molar refractivity (Wildman–Crippen MR) is 76.2 cm³/mol. The number of ether oxygens (including phenoxy) is 2. The summed E-state index contributed by atoms with van der Waals surface area (Å²) in [6.07, 6.45) is 0.855. The quantitative estimate of drug-likeness (QED) is 0.809. The van der Waals surface area contributed by atoms with E-state index in [0.717, 1.165) is 24.1 Å². The van der Waals surface area contributed by atoms with Crippen LogP contribution in [0.5, 0.6) is 0 Å². The average Bonchev–Trinajstić information content (AvgIpc) is 2.95. The molecule has 1 aromatic rings. The van der Waals surface area contributed by atoms with Crippen molar-refractivity contribution in [2.24, 2.45) is 0 Å². The van der Waals surface area contributed by atoms with Gasteiger partial charge in [0.2, 0.25) is 5.91 Å². The van der Waals surface area contributed by atoms with Gasteiger partial charge in [-0.1, -0.05) is 24.3 Å². The summed E-state index contributed by atoms with van der Waals surface area (Å²) in [5.41, 5.74) is 2.19. The van der Waals surface area contributed by atoms with Crippen LogP contribution in [-0.2, 0) is 27.4 Å². The maximum absolute atomic E-state index is 12.1. The highest BCUT2D eigenvalue weighted by Crippen LogP contribution is 2.12. The van der Waals surface area contributed by atoms with Gasteiger partial charge in [0.15, 0.2) is 0 Å². The van der Waals surface area contributed by atoms with E-state index in [4.69, 9.17) is 9.47 Å². The Morgan fingerprint density at radius 3 is 2.75 bits per heavy atom. The van der Waals surface area contributed by atoms with Crippen LogP contribution in [0.15, 0.2) is 24.3 Å². The van der Waals surface area contributed by atoms with E-state index in [9.17, 15) is 4.79 Å². The molecule has 0 unspecified atom stereocenters. The summed E-state index contributed by atoms with van der Waals surface area (Å²) in [6.45, 7) is 1.81. The number of hydrogen-bond donors (Lipinski definition) is 2. The van der Waals surface area contributed by atoms with Gasteiger partial charge in [-0.25, -0.2) is 0 Å². The molecule has 0 bridgehead atoms. The third-order valence-electron chi connectivity index (χ3n) is 3.61. The third kappa shape index (κ3) is 3.79. The van der Waals surface area contributed by atoms with Gasteiger partial charge >= 0.3 is 0 Å². The second kappa shape index (κ2) is 7.38. The van der Waals surface area contributed by atoms with Crippen molar-refractivity contribution in [3.63, 3.8) is 0 Å². The lowest BCUT2D eigenvalue weighted by molar-refractivity contribution is -0.123. The first kappa shape index (κ1) is 15.0. The monoisotopic (exact) mass is 278 g/mol. The van der Waals surface area contributed by atoms with Crippen LogP contribution in [0.2, 0.25) is 0 Å². The van der Waals surface area contributed by atoms with E-state index in [-0.39, 0.29) is 18.1 Å². The van der Waals surface area contributed by atoms with Crippen molar-refractivity contribution < 1.29 is 14.3 Å². The molecule has 0 saturated carbocycles. The minimum atomic E-state index is -0.158. The number of nitrogens with one attached hydrogen (secondary N) is 2. The number of amides is 1. The van der Waals surface area contributed by atoms with E-state index < -0.39 is 0 Å². The number of rotatable bonds is 6. The van der Waals surface area contributed by atoms with Crippen LogP contribution >= 0.6 is 0 Å². The van der Waals surface area contributed by atoms with Crippen LogP contribution in [0.4, 0.5) is 0 Å². The molecule has 5 heteroatoms. The fourth-order valence-corrected chi connectivity index (χ4v) is 2.41. The number of carbonyl (C=O) groups is 1. The van der Waals surface area contributed by atoms with Gasteiger partial charge in [0.1, 0.15) is 0 Å². The summed E-state index contributed by atoms with van der Waals surface area (Å²) in [4.78, 5) is 12.1. The average molecular weight is 278 g/mol. The molecule has 1 aromatic carbocycles. The van der Waals surface area contributed by atoms with E-state index in [1.54, 1.807) is 14.2 Å². The molecule has 20 heavy (non-hydrogen) atoms. The first-order valence-corrected chi connectivity index (χ1v) is 6.84. The summed E-state index contributed by atoms with van der Waals surface area (Å²) in [5.74, 6) is 0.0248. The molecule has 2 atom stereocenters. The largest absolute Gasteiger partial charge is 0.380 e. The van der Waals surface area contributed by atoms with Crippen molar-refractivity contribution in [3.8, 4) is 0 Å². The molecule has 0 aliphatic carbocycles. The molecule has 0 spiro atoms. The molecular formula is C15H22N2O3. The minimum absolute atomic E-state index is 0.0248. The van der Waals surface area contributed by atoms with Crippen LogP contribution in [0.25, 0.3) is 0 Å². The maximum Gasteiger partial charge on any atom is 0.237 e. The molecule has 1 heterocycles. The molecule has 0 aromatic heterocycles. The Morgan fingerprint density at radius 1 is 1.35 bits per heavy atom. The molecule has 2 rings (SSSR count). The normalized spacial score (nSPS) is 21.9. The van der Waals surface area contributed by atoms with Crippen molar-refractivity contribution in [3.05, 3.63) is 35.4 Å². The van der Waals surface area contributed by atoms with Crippen molar-refractivity contribution in [1.29, 1.82) is 0 Å². The summed E-state index contributed by atoms with van der Waals surface area (Å²) in [7, 11) is 3.34.